The van der Waals surface area contributed by atoms with Gasteiger partial charge in [-0.3, -0.25) is 14.4 Å². The fourth-order valence-electron chi connectivity index (χ4n) is 5.25. The van der Waals surface area contributed by atoms with Crippen LogP contribution in [0.2, 0.25) is 0 Å². The average Bonchev–Trinajstić information content (AvgIpc) is 3.21. The predicted molar refractivity (Wildman–Crippen MR) is 132 cm³/mol. The molecule has 1 aliphatic carbocycles. The molecule has 8 nitrogen and oxygen atoms in total. The van der Waals surface area contributed by atoms with Crippen molar-refractivity contribution in [3.05, 3.63) is 53.2 Å². The van der Waals surface area contributed by atoms with E-state index in [0.29, 0.717) is 34.3 Å². The standard InChI is InChI=1S/C26H33N5O3/c1-15(2)29-22-12-18(6-8-21(22)25(27)33)26(34)30-20-11-17-5-4-10-31(23(17)13-20)24-9-7-19(14-28-24)16(3)32/h6-9,12,14-15,17,20,23,29H,4-5,10-11,13H2,1-3H3,(H2,27,33)(H,30,34). The second kappa shape index (κ2) is 9.83. The highest BCUT2D eigenvalue weighted by molar-refractivity contribution is 6.02. The van der Waals surface area contributed by atoms with Gasteiger partial charge in [-0.05, 0) is 82.7 Å². The smallest absolute Gasteiger partial charge is 0.251 e. The lowest BCUT2D eigenvalue weighted by Gasteiger charge is -2.38. The van der Waals surface area contributed by atoms with Gasteiger partial charge < -0.3 is 21.3 Å². The zero-order chi connectivity index (χ0) is 24.4. The molecule has 2 heterocycles. The van der Waals surface area contributed by atoms with Gasteiger partial charge >= 0.3 is 0 Å². The van der Waals surface area contributed by atoms with Crippen molar-refractivity contribution in [1.29, 1.82) is 0 Å². The maximum absolute atomic E-state index is 13.1. The summed E-state index contributed by atoms with van der Waals surface area (Å²) in [6.07, 6.45) is 5.64. The number of nitrogens with one attached hydrogen (secondary N) is 2. The van der Waals surface area contributed by atoms with Crippen LogP contribution in [-0.4, -0.2) is 47.3 Å². The maximum Gasteiger partial charge on any atom is 0.251 e. The van der Waals surface area contributed by atoms with Crippen LogP contribution in [0.4, 0.5) is 11.5 Å². The van der Waals surface area contributed by atoms with Crippen molar-refractivity contribution >= 4 is 29.1 Å². The molecule has 1 saturated carbocycles. The van der Waals surface area contributed by atoms with Gasteiger partial charge in [-0.15, -0.1) is 0 Å². The molecular formula is C26H33N5O3. The number of Topliss-reactive ketones (excluding diaryl/α,β-unsaturated/α-hetero) is 1. The van der Waals surface area contributed by atoms with E-state index in [2.05, 4.69) is 20.5 Å². The van der Waals surface area contributed by atoms with Crippen LogP contribution < -0.4 is 21.3 Å². The van der Waals surface area contributed by atoms with E-state index in [0.717, 1.165) is 38.0 Å². The molecule has 1 aromatic carbocycles. The number of rotatable bonds is 7. The van der Waals surface area contributed by atoms with Crippen LogP contribution in [0.15, 0.2) is 36.5 Å². The lowest BCUT2D eigenvalue weighted by molar-refractivity contribution is 0.0934. The Morgan fingerprint density at radius 3 is 2.53 bits per heavy atom. The third-order valence-corrected chi connectivity index (χ3v) is 6.81. The van der Waals surface area contributed by atoms with Crippen LogP contribution in [-0.2, 0) is 0 Å². The van der Waals surface area contributed by atoms with Gasteiger partial charge in [0.25, 0.3) is 11.8 Å². The molecule has 1 saturated heterocycles. The van der Waals surface area contributed by atoms with Gasteiger partial charge in [-0.25, -0.2) is 4.98 Å². The number of hydrogen-bond acceptors (Lipinski definition) is 6. The second-order valence-corrected chi connectivity index (χ2v) is 9.69. The van der Waals surface area contributed by atoms with Crippen LogP contribution in [0, 0.1) is 5.92 Å². The number of carbonyl (C=O) groups excluding carboxylic acids is 3. The number of aromatic nitrogens is 1. The number of benzene rings is 1. The fraction of sp³-hybridized carbons (Fsp3) is 0.462. The topological polar surface area (TPSA) is 117 Å². The molecule has 4 rings (SSSR count). The summed E-state index contributed by atoms with van der Waals surface area (Å²) < 4.78 is 0. The molecule has 2 fully saturated rings. The molecule has 2 aromatic rings. The quantitative estimate of drug-likeness (QED) is 0.542. The number of primary amides is 1. The lowest BCUT2D eigenvalue weighted by atomic mass is 9.92. The van der Waals surface area contributed by atoms with Crippen molar-refractivity contribution in [1.82, 2.24) is 10.3 Å². The number of nitrogens with two attached hydrogens (primary N) is 1. The molecular weight excluding hydrogens is 430 g/mol. The number of hydrogen-bond donors (Lipinski definition) is 3. The van der Waals surface area contributed by atoms with Crippen LogP contribution in [0.5, 0.6) is 0 Å². The summed E-state index contributed by atoms with van der Waals surface area (Å²) in [6.45, 7) is 6.40. The molecule has 1 aliphatic heterocycles. The van der Waals surface area contributed by atoms with Gasteiger partial charge in [0.15, 0.2) is 5.78 Å². The third-order valence-electron chi connectivity index (χ3n) is 6.81. The number of piperidine rings is 1. The molecule has 0 spiro atoms. The first-order chi connectivity index (χ1) is 16.2. The molecule has 180 valence electrons. The largest absolute Gasteiger partial charge is 0.382 e. The molecule has 1 aromatic heterocycles. The maximum atomic E-state index is 13.1. The molecule has 3 atom stereocenters. The van der Waals surface area contributed by atoms with Crippen LogP contribution in [0.1, 0.15) is 77.5 Å². The highest BCUT2D eigenvalue weighted by atomic mass is 16.2. The molecule has 8 heteroatoms. The average molecular weight is 464 g/mol. The first-order valence-electron chi connectivity index (χ1n) is 12.0. The summed E-state index contributed by atoms with van der Waals surface area (Å²) in [5, 5.41) is 6.41. The Labute approximate surface area is 200 Å². The first-order valence-corrected chi connectivity index (χ1v) is 12.0. The molecule has 34 heavy (non-hydrogen) atoms. The van der Waals surface area contributed by atoms with E-state index in [-0.39, 0.29) is 23.8 Å². The van der Waals surface area contributed by atoms with Gasteiger partial charge in [0.1, 0.15) is 5.82 Å². The van der Waals surface area contributed by atoms with E-state index >= 15 is 0 Å². The Morgan fingerprint density at radius 1 is 1.12 bits per heavy atom. The van der Waals surface area contributed by atoms with Gasteiger partial charge in [-0.1, -0.05) is 0 Å². The Kier molecular flexibility index (Phi) is 6.86. The minimum absolute atomic E-state index is 0.00910. The molecule has 0 radical (unpaired) electrons. The summed E-state index contributed by atoms with van der Waals surface area (Å²) in [5.74, 6) is 0.707. The number of nitrogens with zero attached hydrogens (tertiary/aromatic N) is 2. The van der Waals surface area contributed by atoms with Crippen molar-refractivity contribution in [2.45, 2.75) is 64.6 Å². The highest BCUT2D eigenvalue weighted by Gasteiger charge is 2.41. The van der Waals surface area contributed by atoms with Gasteiger partial charge in [-0.2, -0.15) is 0 Å². The lowest BCUT2D eigenvalue weighted by Crippen LogP contribution is -2.43. The number of fused-ring (bicyclic) bond motifs is 1. The summed E-state index contributed by atoms with van der Waals surface area (Å²) in [6, 6.07) is 9.19. The first kappa shape index (κ1) is 23.7. The van der Waals surface area contributed by atoms with E-state index in [1.807, 2.05) is 26.0 Å². The molecule has 4 N–H and O–H groups in total. The molecule has 2 amide bonds. The summed E-state index contributed by atoms with van der Waals surface area (Å²) in [5.41, 5.74) is 7.55. The van der Waals surface area contributed by atoms with E-state index in [1.165, 1.54) is 0 Å². The number of amides is 2. The third kappa shape index (κ3) is 5.05. The van der Waals surface area contributed by atoms with Gasteiger partial charge in [0.2, 0.25) is 0 Å². The van der Waals surface area contributed by atoms with E-state index in [1.54, 1.807) is 31.3 Å². The molecule has 2 aliphatic rings. The van der Waals surface area contributed by atoms with Crippen molar-refractivity contribution in [3.63, 3.8) is 0 Å². The van der Waals surface area contributed by atoms with Crippen molar-refractivity contribution in [2.24, 2.45) is 11.7 Å². The van der Waals surface area contributed by atoms with E-state index < -0.39 is 5.91 Å². The molecule has 0 bridgehead atoms. The van der Waals surface area contributed by atoms with Crippen LogP contribution in [0.25, 0.3) is 0 Å². The summed E-state index contributed by atoms with van der Waals surface area (Å²) in [4.78, 5) is 43.3. The minimum atomic E-state index is -0.528. The predicted octanol–water partition coefficient (Wildman–Crippen LogP) is 3.38. The van der Waals surface area contributed by atoms with Crippen LogP contribution >= 0.6 is 0 Å². The zero-order valence-corrected chi connectivity index (χ0v) is 20.0. The summed E-state index contributed by atoms with van der Waals surface area (Å²) >= 11 is 0. The highest BCUT2D eigenvalue weighted by Crippen LogP contribution is 2.39. The SMILES string of the molecule is CC(=O)c1ccc(N2CCCC3CC(NC(=O)c4ccc(C(N)=O)c(NC(C)C)c4)CC32)nc1. The van der Waals surface area contributed by atoms with Crippen molar-refractivity contribution in [2.75, 3.05) is 16.8 Å². The number of ketones is 1. The van der Waals surface area contributed by atoms with Gasteiger partial charge in [0, 0.05) is 47.7 Å². The van der Waals surface area contributed by atoms with Crippen LogP contribution in [0.3, 0.4) is 0 Å². The van der Waals surface area contributed by atoms with Crippen molar-refractivity contribution in [3.8, 4) is 0 Å². The number of carbonyl (C=O) groups is 3. The Morgan fingerprint density at radius 2 is 1.88 bits per heavy atom. The minimum Gasteiger partial charge on any atom is -0.382 e. The number of pyridine rings is 1. The monoisotopic (exact) mass is 463 g/mol. The Bertz CT molecular complexity index is 1080. The second-order valence-electron chi connectivity index (χ2n) is 9.69. The Balaban J connectivity index is 1.46. The normalized spacial score (nSPS) is 21.8. The molecule has 3 unspecified atom stereocenters. The Hall–Kier alpha value is -3.42. The van der Waals surface area contributed by atoms with Crippen molar-refractivity contribution < 1.29 is 14.4 Å². The van der Waals surface area contributed by atoms with Gasteiger partial charge in [0.05, 0.1) is 5.56 Å². The number of anilines is 2. The van der Waals surface area contributed by atoms with E-state index in [4.69, 9.17) is 5.73 Å². The zero-order valence-electron chi connectivity index (χ0n) is 20.0. The fourth-order valence-corrected chi connectivity index (χ4v) is 5.25. The van der Waals surface area contributed by atoms with E-state index in [9.17, 15) is 14.4 Å². The summed E-state index contributed by atoms with van der Waals surface area (Å²) in [7, 11) is 0.